The van der Waals surface area contributed by atoms with Gasteiger partial charge in [-0.3, -0.25) is 4.79 Å². The molecule has 0 aliphatic heterocycles. The van der Waals surface area contributed by atoms with Crippen molar-refractivity contribution < 1.29 is 14.7 Å². The zero-order valence-electron chi connectivity index (χ0n) is 8.99. The molecule has 0 saturated carbocycles. The van der Waals surface area contributed by atoms with Crippen molar-refractivity contribution in [3.05, 3.63) is 24.4 Å². The average molecular weight is 212 g/mol. The van der Waals surface area contributed by atoms with Crippen molar-refractivity contribution in [3.8, 4) is 0 Å². The average Bonchev–Trinajstić information content (AvgIpc) is 2.16. The van der Waals surface area contributed by atoms with E-state index in [-0.39, 0.29) is 5.57 Å². The van der Waals surface area contributed by atoms with Gasteiger partial charge in [-0.25, -0.2) is 4.79 Å². The predicted molar refractivity (Wildman–Crippen MR) is 57.2 cm³/mol. The van der Waals surface area contributed by atoms with Crippen molar-refractivity contribution >= 4 is 11.9 Å². The molecule has 0 aliphatic carbocycles. The van der Waals surface area contributed by atoms with Crippen molar-refractivity contribution in [2.24, 2.45) is 0 Å². The Hall–Kier alpha value is -1.62. The Balaban J connectivity index is 4.32. The summed E-state index contributed by atoms with van der Waals surface area (Å²) in [6, 6.07) is 0. The minimum atomic E-state index is -1.03. The highest BCUT2D eigenvalue weighted by Gasteiger charge is 2.07. The number of rotatable bonds is 6. The van der Waals surface area contributed by atoms with Gasteiger partial charge in [-0.15, -0.1) is 0 Å². The van der Waals surface area contributed by atoms with E-state index in [1.54, 1.807) is 0 Å². The molecule has 0 spiro atoms. The van der Waals surface area contributed by atoms with E-state index >= 15 is 0 Å². The zero-order chi connectivity index (χ0) is 11.8. The maximum Gasteiger partial charge on any atom is 0.333 e. The van der Waals surface area contributed by atoms with Gasteiger partial charge >= 0.3 is 5.97 Å². The SMILES string of the molecule is C=CC(=O)NC=C(CCN(C)C)C(=O)O. The summed E-state index contributed by atoms with van der Waals surface area (Å²) in [4.78, 5) is 23.4. The number of carboxylic acid groups (broad SMARTS) is 1. The Bertz CT molecular complexity index is 282. The maximum absolute atomic E-state index is 10.8. The first-order valence-electron chi connectivity index (χ1n) is 4.47. The van der Waals surface area contributed by atoms with Gasteiger partial charge in [0.25, 0.3) is 0 Å². The molecule has 5 nitrogen and oxygen atoms in total. The molecule has 5 heteroatoms. The first kappa shape index (κ1) is 13.4. The molecule has 0 atom stereocenters. The van der Waals surface area contributed by atoms with E-state index in [1.807, 2.05) is 19.0 Å². The van der Waals surface area contributed by atoms with Crippen LogP contribution in [0.15, 0.2) is 24.4 Å². The molecule has 84 valence electrons. The smallest absolute Gasteiger partial charge is 0.333 e. The molecule has 0 bridgehead atoms. The van der Waals surface area contributed by atoms with Gasteiger partial charge in [0.1, 0.15) is 0 Å². The van der Waals surface area contributed by atoms with Crippen molar-refractivity contribution in [3.63, 3.8) is 0 Å². The number of carbonyl (C=O) groups is 2. The quantitative estimate of drug-likeness (QED) is 0.617. The largest absolute Gasteiger partial charge is 0.478 e. The van der Waals surface area contributed by atoms with E-state index in [0.29, 0.717) is 13.0 Å². The second-order valence-electron chi connectivity index (χ2n) is 3.24. The van der Waals surface area contributed by atoms with E-state index < -0.39 is 11.9 Å². The monoisotopic (exact) mass is 212 g/mol. The summed E-state index contributed by atoms with van der Waals surface area (Å²) in [5.41, 5.74) is 0.166. The number of hydrogen-bond acceptors (Lipinski definition) is 3. The standard InChI is InChI=1S/C10H16N2O3/c1-4-9(13)11-7-8(10(14)15)5-6-12(2)3/h4,7H,1,5-6H2,2-3H3,(H,11,13)(H,14,15). The normalized spacial score (nSPS) is 11.3. The molecule has 0 heterocycles. The molecular weight excluding hydrogens is 196 g/mol. The van der Waals surface area contributed by atoms with Crippen molar-refractivity contribution in [2.45, 2.75) is 6.42 Å². The van der Waals surface area contributed by atoms with Crippen LogP contribution in [0, 0.1) is 0 Å². The zero-order valence-corrected chi connectivity index (χ0v) is 8.99. The topological polar surface area (TPSA) is 69.6 Å². The lowest BCUT2D eigenvalue weighted by atomic mass is 10.2. The van der Waals surface area contributed by atoms with Crippen LogP contribution in [0.1, 0.15) is 6.42 Å². The van der Waals surface area contributed by atoms with Gasteiger partial charge in [-0.2, -0.15) is 0 Å². The van der Waals surface area contributed by atoms with Crippen LogP contribution in [0.2, 0.25) is 0 Å². The fraction of sp³-hybridized carbons (Fsp3) is 0.400. The number of carboxylic acids is 1. The minimum absolute atomic E-state index is 0.166. The molecule has 0 aromatic rings. The number of amides is 1. The highest BCUT2D eigenvalue weighted by atomic mass is 16.4. The van der Waals surface area contributed by atoms with Crippen LogP contribution in [0.3, 0.4) is 0 Å². The van der Waals surface area contributed by atoms with Crippen molar-refractivity contribution in [1.82, 2.24) is 10.2 Å². The van der Waals surface area contributed by atoms with Crippen molar-refractivity contribution in [2.75, 3.05) is 20.6 Å². The van der Waals surface area contributed by atoms with E-state index in [2.05, 4.69) is 11.9 Å². The molecule has 0 radical (unpaired) electrons. The second kappa shape index (κ2) is 6.78. The van der Waals surface area contributed by atoms with Crippen LogP contribution >= 0.6 is 0 Å². The van der Waals surface area contributed by atoms with Gasteiger partial charge in [0.15, 0.2) is 0 Å². The van der Waals surface area contributed by atoms with Crippen molar-refractivity contribution in [1.29, 1.82) is 0 Å². The first-order chi connectivity index (χ1) is 6.97. The molecule has 0 aromatic carbocycles. The Kier molecular flexibility index (Phi) is 6.05. The summed E-state index contributed by atoms with van der Waals surface area (Å²) in [7, 11) is 3.70. The van der Waals surface area contributed by atoms with Gasteiger partial charge in [-0.05, 0) is 26.6 Å². The molecule has 0 rings (SSSR count). The number of carbonyl (C=O) groups excluding carboxylic acids is 1. The molecular formula is C10H16N2O3. The van der Waals surface area contributed by atoms with Crippen LogP contribution in [0.4, 0.5) is 0 Å². The molecule has 0 unspecified atom stereocenters. The van der Waals surface area contributed by atoms with Gasteiger partial charge in [-0.1, -0.05) is 6.58 Å². The fourth-order valence-electron chi connectivity index (χ4n) is 0.802. The van der Waals surface area contributed by atoms with E-state index in [1.165, 1.54) is 6.20 Å². The molecule has 15 heavy (non-hydrogen) atoms. The van der Waals surface area contributed by atoms with Crippen LogP contribution < -0.4 is 5.32 Å². The Morgan fingerprint density at radius 1 is 1.47 bits per heavy atom. The minimum Gasteiger partial charge on any atom is -0.478 e. The lowest BCUT2D eigenvalue weighted by Gasteiger charge is -2.09. The summed E-state index contributed by atoms with van der Waals surface area (Å²) in [6.45, 7) is 3.87. The highest BCUT2D eigenvalue weighted by molar-refractivity contribution is 5.90. The van der Waals surface area contributed by atoms with Gasteiger partial charge < -0.3 is 15.3 Å². The number of nitrogens with one attached hydrogen (secondary N) is 1. The molecule has 0 aromatic heterocycles. The van der Waals surface area contributed by atoms with Gasteiger partial charge in [0.2, 0.25) is 5.91 Å². The van der Waals surface area contributed by atoms with Gasteiger partial charge in [0.05, 0.1) is 5.57 Å². The predicted octanol–water partition coefficient (Wildman–Crippen LogP) is 0.209. The van der Waals surface area contributed by atoms with Crippen LogP contribution in [0.25, 0.3) is 0 Å². The third-order valence-electron chi connectivity index (χ3n) is 1.68. The summed E-state index contributed by atoms with van der Waals surface area (Å²) in [6.07, 6.45) is 2.66. The maximum atomic E-state index is 10.8. The van der Waals surface area contributed by atoms with Crippen LogP contribution in [0.5, 0.6) is 0 Å². The molecule has 1 amide bonds. The number of hydrogen-bond donors (Lipinski definition) is 2. The Morgan fingerprint density at radius 3 is 2.47 bits per heavy atom. The molecule has 0 fully saturated rings. The van der Waals surface area contributed by atoms with Crippen LogP contribution in [-0.2, 0) is 9.59 Å². The summed E-state index contributed by atoms with van der Waals surface area (Å²) in [5.74, 6) is -1.44. The summed E-state index contributed by atoms with van der Waals surface area (Å²) < 4.78 is 0. The van der Waals surface area contributed by atoms with E-state index in [4.69, 9.17) is 5.11 Å². The lowest BCUT2D eigenvalue weighted by Crippen LogP contribution is -2.19. The highest BCUT2D eigenvalue weighted by Crippen LogP contribution is 2.00. The van der Waals surface area contributed by atoms with E-state index in [0.717, 1.165) is 6.08 Å². The molecule has 0 aliphatic rings. The summed E-state index contributed by atoms with van der Waals surface area (Å²) >= 11 is 0. The number of nitrogens with zero attached hydrogens (tertiary/aromatic N) is 1. The summed E-state index contributed by atoms with van der Waals surface area (Å²) in [5, 5.41) is 11.1. The number of aliphatic carboxylic acids is 1. The third-order valence-corrected chi connectivity index (χ3v) is 1.68. The van der Waals surface area contributed by atoms with Crippen LogP contribution in [-0.4, -0.2) is 42.5 Å². The van der Waals surface area contributed by atoms with Gasteiger partial charge in [0, 0.05) is 12.7 Å². The molecule has 0 saturated heterocycles. The fourth-order valence-corrected chi connectivity index (χ4v) is 0.802. The second-order valence-corrected chi connectivity index (χ2v) is 3.24. The Labute approximate surface area is 89.1 Å². The lowest BCUT2D eigenvalue weighted by molar-refractivity contribution is -0.132. The van der Waals surface area contributed by atoms with E-state index in [9.17, 15) is 9.59 Å². The Morgan fingerprint density at radius 2 is 2.07 bits per heavy atom. The third kappa shape index (κ3) is 6.45. The first-order valence-corrected chi connectivity index (χ1v) is 4.47. The molecule has 2 N–H and O–H groups in total.